The van der Waals surface area contributed by atoms with E-state index in [1.165, 1.54) is 7.11 Å². The van der Waals surface area contributed by atoms with Gasteiger partial charge < -0.3 is 14.3 Å². The van der Waals surface area contributed by atoms with Crippen molar-refractivity contribution in [2.75, 3.05) is 13.7 Å². The van der Waals surface area contributed by atoms with Crippen molar-refractivity contribution in [2.24, 2.45) is 10.3 Å². The van der Waals surface area contributed by atoms with E-state index in [4.69, 9.17) is 14.3 Å². The number of nitroso groups, excluding NO2 is 1. The second-order valence-electron chi connectivity index (χ2n) is 7.25. The Morgan fingerprint density at radius 1 is 0.941 bits per heavy atom. The van der Waals surface area contributed by atoms with E-state index in [2.05, 4.69) is 10.3 Å². The van der Waals surface area contributed by atoms with Crippen LogP contribution in [0.2, 0.25) is 0 Å². The van der Waals surface area contributed by atoms with Gasteiger partial charge in [0.2, 0.25) is 0 Å². The van der Waals surface area contributed by atoms with Crippen LogP contribution < -0.4 is 9.47 Å². The summed E-state index contributed by atoms with van der Waals surface area (Å²) >= 11 is 0. The van der Waals surface area contributed by atoms with Crippen LogP contribution in [0.5, 0.6) is 11.5 Å². The zero-order valence-electron chi connectivity index (χ0n) is 18.6. The molecule has 0 saturated carbocycles. The summed E-state index contributed by atoms with van der Waals surface area (Å²) in [6, 6.07) is 26.0. The molecule has 8 heteroatoms. The lowest BCUT2D eigenvalue weighted by molar-refractivity contribution is -0.118. The summed E-state index contributed by atoms with van der Waals surface area (Å²) in [4.78, 5) is 26.4. The molecule has 0 aliphatic carbocycles. The van der Waals surface area contributed by atoms with Crippen LogP contribution >= 0.6 is 0 Å². The first kappa shape index (κ1) is 24.1. The maximum absolute atomic E-state index is 11.2. The number of oxime groups is 1. The summed E-state index contributed by atoms with van der Waals surface area (Å²) in [5, 5.41) is 15.6. The Hall–Kier alpha value is -4.51. The first-order chi connectivity index (χ1) is 16.6. The number of ether oxygens (including phenoxy) is 2. The highest BCUT2D eigenvalue weighted by atomic mass is 16.6. The zero-order valence-corrected chi connectivity index (χ0v) is 18.6. The van der Waals surface area contributed by atoms with E-state index in [1.807, 2.05) is 60.7 Å². The lowest BCUT2D eigenvalue weighted by Crippen LogP contribution is -2.13. The second-order valence-corrected chi connectivity index (χ2v) is 7.25. The SMILES string of the molecule is CO/N=C(\COc1ccc(COc2ccc(C(C#N)CC(=O)N=O)cc2)cc1)c1ccccc1. The number of nitrogens with zero attached hydrogens (tertiary/aromatic N) is 3. The standard InChI is InChI=1S/C26H23N3O5/c1-32-29-25(21-5-3-2-4-6-21)18-34-23-11-7-19(8-12-23)17-33-24-13-9-20(10-14-24)22(16-27)15-26(30)28-31/h2-14,22H,15,17-18H2,1H3/b29-25+. The highest BCUT2D eigenvalue weighted by Gasteiger charge is 2.16. The minimum absolute atomic E-state index is 0.237. The largest absolute Gasteiger partial charge is 0.489 e. The van der Waals surface area contributed by atoms with Gasteiger partial charge in [-0.2, -0.15) is 5.26 Å². The molecule has 3 aromatic rings. The number of carbonyl (C=O) groups is 1. The van der Waals surface area contributed by atoms with Crippen molar-refractivity contribution in [1.82, 2.24) is 0 Å². The first-order valence-corrected chi connectivity index (χ1v) is 10.5. The van der Waals surface area contributed by atoms with Crippen LogP contribution in [0.3, 0.4) is 0 Å². The van der Waals surface area contributed by atoms with E-state index in [0.29, 0.717) is 29.4 Å². The van der Waals surface area contributed by atoms with Gasteiger partial charge in [0, 0.05) is 10.7 Å². The van der Waals surface area contributed by atoms with Gasteiger partial charge in [-0.05, 0) is 35.4 Å². The van der Waals surface area contributed by atoms with Crippen molar-refractivity contribution in [1.29, 1.82) is 5.26 Å². The number of nitriles is 1. The van der Waals surface area contributed by atoms with Gasteiger partial charge in [0.25, 0.3) is 5.91 Å². The van der Waals surface area contributed by atoms with Gasteiger partial charge in [0.05, 0.1) is 18.4 Å². The molecule has 34 heavy (non-hydrogen) atoms. The third kappa shape index (κ3) is 7.00. The summed E-state index contributed by atoms with van der Waals surface area (Å²) < 4.78 is 11.6. The minimum Gasteiger partial charge on any atom is -0.489 e. The van der Waals surface area contributed by atoms with Crippen LogP contribution in [-0.4, -0.2) is 25.3 Å². The average Bonchev–Trinajstić information content (AvgIpc) is 2.89. The molecule has 1 unspecified atom stereocenters. The quantitative estimate of drug-likeness (QED) is 0.228. The molecule has 0 aliphatic heterocycles. The molecular formula is C26H23N3O5. The molecule has 1 amide bonds. The van der Waals surface area contributed by atoms with Crippen molar-refractivity contribution in [3.05, 3.63) is 100 Å². The minimum atomic E-state index is -0.846. The number of rotatable bonds is 11. The fourth-order valence-electron chi connectivity index (χ4n) is 3.15. The van der Waals surface area contributed by atoms with Crippen molar-refractivity contribution >= 4 is 11.6 Å². The van der Waals surface area contributed by atoms with Gasteiger partial charge in [0.1, 0.15) is 37.5 Å². The molecule has 0 aromatic heterocycles. The van der Waals surface area contributed by atoms with E-state index in [-0.39, 0.29) is 13.0 Å². The van der Waals surface area contributed by atoms with E-state index in [9.17, 15) is 15.0 Å². The maximum atomic E-state index is 11.2. The van der Waals surface area contributed by atoms with Crippen LogP contribution in [0.1, 0.15) is 29.0 Å². The van der Waals surface area contributed by atoms with E-state index < -0.39 is 11.8 Å². The second kappa shape index (κ2) is 12.5. The molecule has 0 saturated heterocycles. The van der Waals surface area contributed by atoms with Gasteiger partial charge in [0.15, 0.2) is 0 Å². The Kier molecular flexibility index (Phi) is 8.88. The van der Waals surface area contributed by atoms with Gasteiger partial charge in [-0.3, -0.25) is 4.79 Å². The fourth-order valence-corrected chi connectivity index (χ4v) is 3.15. The summed E-state index contributed by atoms with van der Waals surface area (Å²) in [7, 11) is 1.50. The molecule has 0 aliphatic rings. The molecular weight excluding hydrogens is 434 g/mol. The van der Waals surface area contributed by atoms with E-state index in [0.717, 1.165) is 11.1 Å². The molecule has 1 atom stereocenters. The average molecular weight is 457 g/mol. The predicted molar refractivity (Wildman–Crippen MR) is 126 cm³/mol. The van der Waals surface area contributed by atoms with Gasteiger partial charge >= 0.3 is 0 Å². The Morgan fingerprint density at radius 2 is 1.59 bits per heavy atom. The van der Waals surface area contributed by atoms with Gasteiger partial charge in [-0.25, -0.2) is 0 Å². The number of carbonyl (C=O) groups excluding carboxylic acids is 1. The molecule has 172 valence electrons. The highest BCUT2D eigenvalue weighted by molar-refractivity contribution is 6.01. The van der Waals surface area contributed by atoms with E-state index in [1.54, 1.807) is 24.3 Å². The Morgan fingerprint density at radius 3 is 2.21 bits per heavy atom. The smallest absolute Gasteiger partial charge is 0.288 e. The van der Waals surface area contributed by atoms with Crippen LogP contribution in [0, 0.1) is 16.2 Å². The zero-order chi connectivity index (χ0) is 24.2. The molecule has 3 rings (SSSR count). The monoisotopic (exact) mass is 457 g/mol. The van der Waals surface area contributed by atoms with Crippen LogP contribution in [0.15, 0.2) is 89.2 Å². The Bertz CT molecular complexity index is 1150. The normalized spacial score (nSPS) is 11.7. The lowest BCUT2D eigenvalue weighted by Gasteiger charge is -2.11. The molecule has 0 heterocycles. The van der Waals surface area contributed by atoms with E-state index >= 15 is 0 Å². The summed E-state index contributed by atoms with van der Waals surface area (Å²) in [5.41, 5.74) is 3.18. The van der Waals surface area contributed by atoms with Crippen molar-refractivity contribution in [3.8, 4) is 17.6 Å². The van der Waals surface area contributed by atoms with Crippen LogP contribution in [0.25, 0.3) is 0 Å². The van der Waals surface area contributed by atoms with Crippen molar-refractivity contribution < 1.29 is 19.1 Å². The molecule has 3 aromatic carbocycles. The molecule has 0 radical (unpaired) electrons. The Balaban J connectivity index is 1.53. The summed E-state index contributed by atoms with van der Waals surface area (Å²) in [5.74, 6) is -0.261. The third-order valence-electron chi connectivity index (χ3n) is 4.93. The number of amides is 1. The number of hydrogen-bond acceptors (Lipinski definition) is 7. The lowest BCUT2D eigenvalue weighted by atomic mass is 9.97. The van der Waals surface area contributed by atoms with Crippen molar-refractivity contribution in [2.45, 2.75) is 18.9 Å². The molecule has 0 bridgehead atoms. The predicted octanol–water partition coefficient (Wildman–Crippen LogP) is 4.99. The Labute approximate surface area is 197 Å². The first-order valence-electron chi connectivity index (χ1n) is 10.5. The number of benzene rings is 3. The number of hydrogen-bond donors (Lipinski definition) is 0. The third-order valence-corrected chi connectivity index (χ3v) is 4.93. The fraction of sp³-hybridized carbons (Fsp3) is 0.192. The van der Waals surface area contributed by atoms with Gasteiger partial charge in [-0.1, -0.05) is 59.8 Å². The maximum Gasteiger partial charge on any atom is 0.288 e. The highest BCUT2D eigenvalue weighted by Crippen LogP contribution is 2.23. The van der Waals surface area contributed by atoms with Crippen molar-refractivity contribution in [3.63, 3.8) is 0 Å². The summed E-state index contributed by atoms with van der Waals surface area (Å²) in [6.07, 6.45) is -0.237. The topological polar surface area (TPSA) is 110 Å². The molecule has 0 fully saturated rings. The summed E-state index contributed by atoms with van der Waals surface area (Å²) in [6.45, 7) is 0.605. The van der Waals surface area contributed by atoms with Gasteiger partial charge in [-0.15, -0.1) is 4.91 Å². The van der Waals surface area contributed by atoms with Crippen LogP contribution in [-0.2, 0) is 16.2 Å². The molecule has 0 spiro atoms. The molecule has 0 N–H and O–H groups in total. The van der Waals surface area contributed by atoms with Crippen LogP contribution in [0.4, 0.5) is 0 Å². The molecule has 8 nitrogen and oxygen atoms in total.